The van der Waals surface area contributed by atoms with E-state index in [-0.39, 0.29) is 53.5 Å². The number of amides is 2. The predicted molar refractivity (Wildman–Crippen MR) is 127 cm³/mol. The molecule has 184 valence electrons. The molecule has 1 aromatic carbocycles. The minimum absolute atomic E-state index is 0.0172. The van der Waals surface area contributed by atoms with Gasteiger partial charge in [-0.05, 0) is 61.0 Å². The van der Waals surface area contributed by atoms with E-state index in [0.717, 1.165) is 25.7 Å². The molecule has 7 atom stereocenters. The van der Waals surface area contributed by atoms with Gasteiger partial charge in [0.1, 0.15) is 5.75 Å². The van der Waals surface area contributed by atoms with Crippen molar-refractivity contribution in [2.45, 2.75) is 58.6 Å². The lowest BCUT2D eigenvalue weighted by molar-refractivity contribution is -0.144. The topological polar surface area (TPSA) is 96.9 Å². The molecule has 33 heavy (non-hydrogen) atoms. The molecule has 0 radical (unpaired) electrons. The lowest BCUT2D eigenvalue weighted by Crippen LogP contribution is -2.59. The third-order valence-electron chi connectivity index (χ3n) is 8.01. The first-order valence-corrected chi connectivity index (χ1v) is 12.2. The van der Waals surface area contributed by atoms with Crippen molar-refractivity contribution in [3.63, 3.8) is 0 Å². The zero-order valence-electron chi connectivity index (χ0n) is 20.4. The molecule has 0 spiro atoms. The second kappa shape index (κ2) is 11.3. The Labute approximate surface area is 197 Å². The van der Waals surface area contributed by atoms with Crippen molar-refractivity contribution in [1.82, 2.24) is 10.6 Å². The molecular weight excluding hydrogens is 420 g/mol. The number of aliphatic hydroxyl groups is 1. The Morgan fingerprint density at radius 3 is 2.61 bits per heavy atom. The summed E-state index contributed by atoms with van der Waals surface area (Å²) in [5.74, 6) is 0.246. The van der Waals surface area contributed by atoms with Crippen LogP contribution in [-0.2, 0) is 14.3 Å². The minimum Gasteiger partial charge on any atom is -0.484 e. The number of rotatable bonds is 9. The Hall–Kier alpha value is -2.12. The zero-order valence-corrected chi connectivity index (χ0v) is 20.4. The molecule has 0 saturated heterocycles. The third-order valence-corrected chi connectivity index (χ3v) is 8.01. The maximum absolute atomic E-state index is 12.6. The molecule has 0 heterocycles. The van der Waals surface area contributed by atoms with Crippen molar-refractivity contribution < 1.29 is 24.2 Å². The Kier molecular flexibility index (Phi) is 8.76. The van der Waals surface area contributed by atoms with Gasteiger partial charge in [-0.25, -0.2) is 0 Å². The largest absolute Gasteiger partial charge is 0.484 e. The molecule has 2 saturated carbocycles. The van der Waals surface area contributed by atoms with E-state index in [9.17, 15) is 14.7 Å². The maximum Gasteiger partial charge on any atom is 0.258 e. The zero-order chi connectivity index (χ0) is 24.0. The summed E-state index contributed by atoms with van der Waals surface area (Å²) in [6.07, 6.45) is 3.07. The number of carbonyl (C=O) groups excluding carboxylic acids is 2. The molecule has 7 nitrogen and oxygen atoms in total. The van der Waals surface area contributed by atoms with Gasteiger partial charge in [0.25, 0.3) is 5.91 Å². The van der Waals surface area contributed by atoms with Crippen molar-refractivity contribution in [3.8, 4) is 5.75 Å². The quantitative estimate of drug-likeness (QED) is 0.493. The van der Waals surface area contributed by atoms with Gasteiger partial charge in [-0.3, -0.25) is 9.59 Å². The fraction of sp³-hybridized carbons (Fsp3) is 0.692. The van der Waals surface area contributed by atoms with Crippen LogP contribution in [0.3, 0.4) is 0 Å². The molecule has 0 bridgehead atoms. The van der Waals surface area contributed by atoms with Crippen molar-refractivity contribution in [1.29, 1.82) is 0 Å². The number of methoxy groups -OCH3 is 1. The summed E-state index contributed by atoms with van der Waals surface area (Å²) >= 11 is 0. The molecule has 1 aromatic rings. The van der Waals surface area contributed by atoms with E-state index in [1.807, 2.05) is 37.3 Å². The number of ether oxygens (including phenoxy) is 2. The number of benzene rings is 1. The van der Waals surface area contributed by atoms with Crippen LogP contribution in [0.15, 0.2) is 30.3 Å². The van der Waals surface area contributed by atoms with E-state index in [4.69, 9.17) is 9.47 Å². The molecule has 7 heteroatoms. The Morgan fingerprint density at radius 1 is 1.21 bits per heavy atom. The number of para-hydroxylation sites is 1. The average Bonchev–Trinajstić information content (AvgIpc) is 2.80. The van der Waals surface area contributed by atoms with Gasteiger partial charge < -0.3 is 25.2 Å². The first-order chi connectivity index (χ1) is 15.8. The van der Waals surface area contributed by atoms with Crippen LogP contribution in [0, 0.1) is 29.1 Å². The summed E-state index contributed by atoms with van der Waals surface area (Å²) in [4.78, 5) is 25.2. The minimum atomic E-state index is -0.581. The molecule has 3 N–H and O–H groups in total. The molecule has 3 rings (SSSR count). The van der Waals surface area contributed by atoms with E-state index in [1.165, 1.54) is 0 Å². The number of fused-ring (bicyclic) bond motifs is 1. The first-order valence-electron chi connectivity index (χ1n) is 12.2. The summed E-state index contributed by atoms with van der Waals surface area (Å²) < 4.78 is 10.6. The van der Waals surface area contributed by atoms with Crippen molar-refractivity contribution in [2.24, 2.45) is 29.1 Å². The molecule has 2 fully saturated rings. The smallest absolute Gasteiger partial charge is 0.258 e. The summed E-state index contributed by atoms with van der Waals surface area (Å²) in [5, 5.41) is 17.5. The highest BCUT2D eigenvalue weighted by Gasteiger charge is 2.53. The summed E-state index contributed by atoms with van der Waals surface area (Å²) in [7, 11) is 1.61. The van der Waals surface area contributed by atoms with Crippen LogP contribution >= 0.6 is 0 Å². The fourth-order valence-corrected chi connectivity index (χ4v) is 6.04. The first kappa shape index (κ1) is 25.5. The second-order valence-electron chi connectivity index (χ2n) is 10.1. The molecule has 0 unspecified atom stereocenters. The summed E-state index contributed by atoms with van der Waals surface area (Å²) in [5.41, 5.74) is 0.0172. The summed E-state index contributed by atoms with van der Waals surface area (Å²) in [6.45, 7) is 7.21. The second-order valence-corrected chi connectivity index (χ2v) is 10.1. The average molecular weight is 461 g/mol. The normalized spacial score (nSPS) is 32.3. The van der Waals surface area contributed by atoms with E-state index >= 15 is 0 Å². The number of nitrogens with one attached hydrogen (secondary N) is 2. The molecular formula is C26H40N2O5. The van der Waals surface area contributed by atoms with E-state index in [0.29, 0.717) is 18.9 Å². The van der Waals surface area contributed by atoms with Gasteiger partial charge in [-0.2, -0.15) is 0 Å². The Balaban J connectivity index is 1.61. The van der Waals surface area contributed by atoms with Crippen LogP contribution in [-0.4, -0.2) is 55.9 Å². The Morgan fingerprint density at radius 2 is 1.91 bits per heavy atom. The van der Waals surface area contributed by atoms with E-state index in [1.54, 1.807) is 7.11 Å². The molecule has 2 amide bonds. The molecule has 2 aliphatic carbocycles. The van der Waals surface area contributed by atoms with Gasteiger partial charge in [0.15, 0.2) is 6.61 Å². The Bertz CT molecular complexity index is 788. The van der Waals surface area contributed by atoms with Crippen LogP contribution in [0.25, 0.3) is 0 Å². The SMILES string of the molecule is COCCNC(=O)[C@@H](C)[C@@H]1CC[C@@]2(C)CC[C@H](NC(=O)COc3ccccc3)[C@@H](C)[C@@H]2[C@H]1O. The lowest BCUT2D eigenvalue weighted by atomic mass is 9.51. The molecule has 2 aliphatic rings. The number of aliphatic hydroxyl groups excluding tert-OH is 1. The molecule has 0 aromatic heterocycles. The lowest BCUT2D eigenvalue weighted by Gasteiger charge is -2.56. The van der Waals surface area contributed by atoms with Crippen LogP contribution in [0.5, 0.6) is 5.75 Å². The summed E-state index contributed by atoms with van der Waals surface area (Å²) in [6, 6.07) is 9.28. The van der Waals surface area contributed by atoms with Crippen LogP contribution in [0.2, 0.25) is 0 Å². The third kappa shape index (κ3) is 6.07. The van der Waals surface area contributed by atoms with Gasteiger partial charge >= 0.3 is 0 Å². The standard InChI is InChI=1S/C26H40N2O5/c1-17(25(31)27-14-15-32-4)20-10-12-26(3)13-11-21(18(2)23(26)24(20)30)28-22(29)16-33-19-8-6-5-7-9-19/h5-9,17-18,20-21,23-24,30H,10-16H2,1-4H3,(H,27,31)(H,28,29)/t17-,18+,20-,21-,23+,24-,26-/m0/s1. The monoisotopic (exact) mass is 460 g/mol. The number of carbonyl (C=O) groups is 2. The van der Waals surface area contributed by atoms with Crippen LogP contribution in [0.1, 0.15) is 46.5 Å². The predicted octanol–water partition coefficient (Wildman–Crippen LogP) is 2.77. The van der Waals surface area contributed by atoms with Gasteiger partial charge in [0.05, 0.1) is 12.7 Å². The molecule has 0 aliphatic heterocycles. The van der Waals surface area contributed by atoms with Gasteiger partial charge in [-0.15, -0.1) is 0 Å². The fourth-order valence-electron chi connectivity index (χ4n) is 6.04. The highest BCUT2D eigenvalue weighted by Crippen LogP contribution is 2.55. The van der Waals surface area contributed by atoms with Gasteiger partial charge in [0, 0.05) is 25.6 Å². The van der Waals surface area contributed by atoms with Crippen LogP contribution in [0.4, 0.5) is 0 Å². The van der Waals surface area contributed by atoms with Crippen molar-refractivity contribution >= 4 is 11.8 Å². The highest BCUT2D eigenvalue weighted by molar-refractivity contribution is 5.79. The van der Waals surface area contributed by atoms with Crippen molar-refractivity contribution in [3.05, 3.63) is 30.3 Å². The van der Waals surface area contributed by atoms with Crippen molar-refractivity contribution in [2.75, 3.05) is 26.9 Å². The number of hydrogen-bond acceptors (Lipinski definition) is 5. The van der Waals surface area contributed by atoms with E-state index < -0.39 is 6.10 Å². The van der Waals surface area contributed by atoms with Gasteiger partial charge in [0.2, 0.25) is 5.91 Å². The van der Waals surface area contributed by atoms with Gasteiger partial charge in [-0.1, -0.05) is 39.0 Å². The van der Waals surface area contributed by atoms with E-state index in [2.05, 4.69) is 24.5 Å². The maximum atomic E-state index is 12.6. The van der Waals surface area contributed by atoms with Crippen LogP contribution < -0.4 is 15.4 Å². The highest BCUT2D eigenvalue weighted by atomic mass is 16.5. The number of hydrogen-bond donors (Lipinski definition) is 3.